The maximum atomic E-state index is 5.17. The minimum Gasteiger partial charge on any atom is -0.256 e. The molecule has 0 atom stereocenters. The van der Waals surface area contributed by atoms with Crippen molar-refractivity contribution in [1.82, 2.24) is 15.0 Å². The first-order valence-corrected chi connectivity index (χ1v) is 17.6. The number of aromatic nitrogens is 3. The summed E-state index contributed by atoms with van der Waals surface area (Å²) in [7, 11) is 0. The Bertz CT molecular complexity index is 2910. The summed E-state index contributed by atoms with van der Waals surface area (Å²) in [5.41, 5.74) is 10.4. The molecular weight excluding hydrogens is 631 g/mol. The Labute approximate surface area is 301 Å². The van der Waals surface area contributed by atoms with Gasteiger partial charge in [0.05, 0.1) is 16.9 Å². The van der Waals surface area contributed by atoms with Crippen LogP contribution in [0.1, 0.15) is 0 Å². The summed E-state index contributed by atoms with van der Waals surface area (Å²) >= 11 is 0. The Balaban J connectivity index is 1.04. The molecule has 10 rings (SSSR count). The van der Waals surface area contributed by atoms with Crippen LogP contribution < -0.4 is 0 Å². The van der Waals surface area contributed by atoms with E-state index in [-0.39, 0.29) is 0 Å². The molecule has 2 aromatic heterocycles. The molecule has 0 aliphatic heterocycles. The summed E-state index contributed by atoms with van der Waals surface area (Å²) in [5, 5.41) is 8.69. The molecule has 10 aromatic rings. The molecule has 0 N–H and O–H groups in total. The first-order chi connectivity index (χ1) is 25.8. The van der Waals surface area contributed by atoms with E-state index in [1.165, 1.54) is 43.4 Å². The number of hydrogen-bond donors (Lipinski definition) is 0. The number of fused-ring (bicyclic) bond motifs is 7. The lowest BCUT2D eigenvalue weighted by Gasteiger charge is -2.13. The standard InChI is InChI=1S/C49H31N3/c1-2-12-32(13-3-1)46-27-25-38(31-50-46)48-44-22-8-9-23-47(44)51-49(52-48)37-17-11-16-35(29-37)33-14-10-15-34(28-33)36-24-26-43-41-20-5-4-18-39(41)40-19-6-7-21-42(40)45(43)30-36/h1-31H. The number of nitrogens with zero attached hydrogens (tertiary/aromatic N) is 3. The molecule has 0 unspecified atom stereocenters. The predicted octanol–water partition coefficient (Wildman–Crippen LogP) is 12.8. The lowest BCUT2D eigenvalue weighted by Crippen LogP contribution is -1.96. The summed E-state index contributed by atoms with van der Waals surface area (Å²) in [5.74, 6) is 0.687. The predicted molar refractivity (Wildman–Crippen MR) is 217 cm³/mol. The van der Waals surface area contributed by atoms with Crippen LogP contribution in [0.3, 0.4) is 0 Å². The van der Waals surface area contributed by atoms with E-state index in [0.29, 0.717) is 5.82 Å². The van der Waals surface area contributed by atoms with Crippen LogP contribution in [0.5, 0.6) is 0 Å². The molecule has 0 aliphatic carbocycles. The third-order valence-corrected chi connectivity index (χ3v) is 10.1. The van der Waals surface area contributed by atoms with Gasteiger partial charge in [0.15, 0.2) is 5.82 Å². The Morgan fingerprint density at radius 1 is 0.288 bits per heavy atom. The summed E-state index contributed by atoms with van der Waals surface area (Å²) in [6, 6.07) is 64.3. The van der Waals surface area contributed by atoms with Crippen LogP contribution in [-0.4, -0.2) is 15.0 Å². The van der Waals surface area contributed by atoms with Crippen molar-refractivity contribution >= 4 is 43.2 Å². The van der Waals surface area contributed by atoms with Crippen molar-refractivity contribution in [3.05, 3.63) is 188 Å². The number of rotatable bonds is 5. The van der Waals surface area contributed by atoms with Crippen LogP contribution >= 0.6 is 0 Å². The second-order valence-electron chi connectivity index (χ2n) is 13.2. The number of benzene rings is 8. The Kier molecular flexibility index (Phi) is 7.14. The molecule has 3 nitrogen and oxygen atoms in total. The number of pyridine rings is 1. The van der Waals surface area contributed by atoms with Crippen molar-refractivity contribution in [2.75, 3.05) is 0 Å². The van der Waals surface area contributed by atoms with Gasteiger partial charge in [-0.2, -0.15) is 0 Å². The summed E-state index contributed by atoms with van der Waals surface area (Å²) in [4.78, 5) is 15.0. The van der Waals surface area contributed by atoms with Crippen LogP contribution in [0.25, 0.3) is 99.4 Å². The van der Waals surface area contributed by atoms with Gasteiger partial charge in [-0.1, -0.05) is 146 Å². The Hall–Kier alpha value is -6.97. The number of hydrogen-bond acceptors (Lipinski definition) is 3. The quantitative estimate of drug-likeness (QED) is 0.172. The maximum Gasteiger partial charge on any atom is 0.160 e. The first kappa shape index (κ1) is 29.9. The minimum absolute atomic E-state index is 0.687. The molecule has 0 saturated carbocycles. The molecule has 52 heavy (non-hydrogen) atoms. The Morgan fingerprint density at radius 2 is 0.788 bits per heavy atom. The van der Waals surface area contributed by atoms with E-state index in [9.17, 15) is 0 Å². The molecule has 0 aliphatic rings. The topological polar surface area (TPSA) is 38.7 Å². The maximum absolute atomic E-state index is 5.17. The summed E-state index contributed by atoms with van der Waals surface area (Å²) < 4.78 is 0. The summed E-state index contributed by atoms with van der Waals surface area (Å²) in [6.07, 6.45) is 1.92. The lowest BCUT2D eigenvalue weighted by molar-refractivity contribution is 1.22. The second-order valence-corrected chi connectivity index (χ2v) is 13.2. The van der Waals surface area contributed by atoms with Crippen molar-refractivity contribution in [3.63, 3.8) is 0 Å². The van der Waals surface area contributed by atoms with E-state index in [0.717, 1.165) is 50.1 Å². The zero-order chi connectivity index (χ0) is 34.4. The lowest BCUT2D eigenvalue weighted by atomic mass is 9.91. The highest BCUT2D eigenvalue weighted by atomic mass is 14.9. The largest absolute Gasteiger partial charge is 0.256 e. The Morgan fingerprint density at radius 3 is 1.44 bits per heavy atom. The van der Waals surface area contributed by atoms with E-state index in [1.54, 1.807) is 0 Å². The highest BCUT2D eigenvalue weighted by Crippen LogP contribution is 2.38. The van der Waals surface area contributed by atoms with E-state index < -0.39 is 0 Å². The van der Waals surface area contributed by atoms with Crippen molar-refractivity contribution in [3.8, 4) is 56.2 Å². The van der Waals surface area contributed by atoms with Gasteiger partial charge in [0.2, 0.25) is 0 Å². The van der Waals surface area contributed by atoms with Gasteiger partial charge in [0.25, 0.3) is 0 Å². The van der Waals surface area contributed by atoms with Crippen molar-refractivity contribution in [2.45, 2.75) is 0 Å². The fourth-order valence-electron chi connectivity index (χ4n) is 7.54. The van der Waals surface area contributed by atoms with Crippen molar-refractivity contribution in [2.24, 2.45) is 0 Å². The van der Waals surface area contributed by atoms with Crippen molar-refractivity contribution < 1.29 is 0 Å². The molecule has 3 heteroatoms. The average Bonchev–Trinajstić information content (AvgIpc) is 3.23. The third-order valence-electron chi connectivity index (χ3n) is 10.1. The van der Waals surface area contributed by atoms with Gasteiger partial charge in [-0.15, -0.1) is 0 Å². The number of para-hydroxylation sites is 1. The monoisotopic (exact) mass is 661 g/mol. The van der Waals surface area contributed by atoms with Crippen LogP contribution in [0.4, 0.5) is 0 Å². The SMILES string of the molecule is c1ccc(-c2ccc(-c3nc(-c4cccc(-c5cccc(-c6ccc7c8ccccc8c8ccccc8c7c6)c5)c4)nc4ccccc34)cn2)cc1. The first-order valence-electron chi connectivity index (χ1n) is 17.6. The molecule has 2 heterocycles. The zero-order valence-electron chi connectivity index (χ0n) is 28.2. The minimum atomic E-state index is 0.687. The highest BCUT2D eigenvalue weighted by Gasteiger charge is 2.14. The van der Waals surface area contributed by atoms with E-state index in [4.69, 9.17) is 15.0 Å². The average molecular weight is 662 g/mol. The van der Waals surface area contributed by atoms with E-state index in [2.05, 4.69) is 152 Å². The normalized spacial score (nSPS) is 11.5. The fourth-order valence-corrected chi connectivity index (χ4v) is 7.54. The molecule has 0 saturated heterocycles. The molecule has 242 valence electrons. The van der Waals surface area contributed by atoms with Gasteiger partial charge in [0, 0.05) is 28.3 Å². The van der Waals surface area contributed by atoms with Gasteiger partial charge in [-0.05, 0) is 91.0 Å². The van der Waals surface area contributed by atoms with Gasteiger partial charge >= 0.3 is 0 Å². The molecule has 0 spiro atoms. The van der Waals surface area contributed by atoms with Gasteiger partial charge in [-0.3, -0.25) is 4.98 Å². The molecule has 0 radical (unpaired) electrons. The summed E-state index contributed by atoms with van der Waals surface area (Å²) in [6.45, 7) is 0. The van der Waals surface area contributed by atoms with Gasteiger partial charge in [0.1, 0.15) is 0 Å². The zero-order valence-corrected chi connectivity index (χ0v) is 28.2. The highest BCUT2D eigenvalue weighted by molar-refractivity contribution is 6.25. The van der Waals surface area contributed by atoms with Crippen LogP contribution in [0.2, 0.25) is 0 Å². The smallest absolute Gasteiger partial charge is 0.160 e. The third kappa shape index (κ3) is 5.19. The van der Waals surface area contributed by atoms with Gasteiger partial charge in [-0.25, -0.2) is 9.97 Å². The van der Waals surface area contributed by atoms with Gasteiger partial charge < -0.3 is 0 Å². The molecule has 8 aromatic carbocycles. The molecule has 0 bridgehead atoms. The van der Waals surface area contributed by atoms with Crippen molar-refractivity contribution in [1.29, 1.82) is 0 Å². The fraction of sp³-hybridized carbons (Fsp3) is 0. The van der Waals surface area contributed by atoms with Crippen LogP contribution in [0, 0.1) is 0 Å². The van der Waals surface area contributed by atoms with Crippen LogP contribution in [-0.2, 0) is 0 Å². The molecular formula is C49H31N3. The molecule has 0 fully saturated rings. The van der Waals surface area contributed by atoms with E-state index >= 15 is 0 Å². The van der Waals surface area contributed by atoms with E-state index in [1.807, 2.05) is 36.5 Å². The van der Waals surface area contributed by atoms with Crippen LogP contribution in [0.15, 0.2) is 188 Å². The second kappa shape index (κ2) is 12.4. The molecule has 0 amide bonds.